The molecule has 1 fully saturated rings. The van der Waals surface area contributed by atoms with Gasteiger partial charge in [-0.15, -0.1) is 0 Å². The first-order valence-corrected chi connectivity index (χ1v) is 9.65. The fraction of sp³-hybridized carbons (Fsp3) is 0.476. The van der Waals surface area contributed by atoms with Gasteiger partial charge < -0.3 is 23.7 Å². The number of esters is 1. The number of nitrogens with zero attached hydrogens (tertiary/aromatic N) is 2. The fourth-order valence-corrected chi connectivity index (χ4v) is 3.24. The smallest absolute Gasteiger partial charge is 0.410 e. The minimum atomic E-state index is -0.654. The van der Waals surface area contributed by atoms with Crippen molar-refractivity contribution in [3.8, 4) is 0 Å². The summed E-state index contributed by atoms with van der Waals surface area (Å²) in [7, 11) is 0. The number of anilines is 1. The number of benzene rings is 1. The lowest BCUT2D eigenvalue weighted by atomic mass is 10.1. The predicted octanol–water partition coefficient (Wildman–Crippen LogP) is 3.48. The van der Waals surface area contributed by atoms with E-state index in [-0.39, 0.29) is 24.0 Å². The van der Waals surface area contributed by atoms with Crippen molar-refractivity contribution in [3.05, 3.63) is 29.5 Å². The number of carbonyl (C=O) groups excluding carboxylic acids is 3. The number of hydrogen-bond donors (Lipinski definition) is 0. The summed E-state index contributed by atoms with van der Waals surface area (Å²) in [5.74, 6) is -0.734. The molecule has 0 bridgehead atoms. The van der Waals surface area contributed by atoms with Crippen LogP contribution in [0.2, 0.25) is 0 Å². The van der Waals surface area contributed by atoms with Crippen molar-refractivity contribution in [2.75, 3.05) is 37.7 Å². The number of carbonyl (C=O) groups is 3. The first kappa shape index (κ1) is 20.7. The number of hydrogen-bond acceptors (Lipinski definition) is 7. The molecular weight excluding hydrogens is 376 g/mol. The third kappa shape index (κ3) is 4.52. The maximum Gasteiger partial charge on any atom is 0.410 e. The number of ether oxygens (including phenoxy) is 2. The van der Waals surface area contributed by atoms with Crippen LogP contribution < -0.4 is 4.90 Å². The molecule has 29 heavy (non-hydrogen) atoms. The summed E-state index contributed by atoms with van der Waals surface area (Å²) < 4.78 is 16.0. The van der Waals surface area contributed by atoms with Crippen LogP contribution in [0.3, 0.4) is 0 Å². The largest absolute Gasteiger partial charge is 0.460 e. The maximum absolute atomic E-state index is 12.2. The first-order valence-electron chi connectivity index (χ1n) is 9.65. The van der Waals surface area contributed by atoms with Crippen molar-refractivity contribution in [3.63, 3.8) is 0 Å². The number of aldehydes is 1. The van der Waals surface area contributed by atoms with Crippen molar-refractivity contribution in [1.29, 1.82) is 0 Å². The zero-order valence-corrected chi connectivity index (χ0v) is 17.2. The highest BCUT2D eigenvalue weighted by molar-refractivity contribution is 6.06. The van der Waals surface area contributed by atoms with E-state index in [4.69, 9.17) is 13.9 Å². The van der Waals surface area contributed by atoms with Crippen LogP contribution in [-0.2, 0) is 9.47 Å². The molecule has 8 heteroatoms. The molecule has 3 rings (SSSR count). The Morgan fingerprint density at radius 2 is 1.86 bits per heavy atom. The molecule has 0 N–H and O–H groups in total. The van der Waals surface area contributed by atoms with Gasteiger partial charge in [-0.1, -0.05) is 0 Å². The van der Waals surface area contributed by atoms with Crippen LogP contribution in [0.5, 0.6) is 0 Å². The Kier molecular flexibility index (Phi) is 5.81. The van der Waals surface area contributed by atoms with Crippen LogP contribution in [0.15, 0.2) is 22.6 Å². The lowest BCUT2D eigenvalue weighted by Gasteiger charge is -2.36. The van der Waals surface area contributed by atoms with Gasteiger partial charge in [0.15, 0.2) is 6.29 Å². The van der Waals surface area contributed by atoms with E-state index in [2.05, 4.69) is 4.90 Å². The second-order valence-corrected chi connectivity index (χ2v) is 7.82. The molecule has 0 aliphatic carbocycles. The Bertz CT molecular complexity index is 919. The minimum absolute atomic E-state index is 0.0799. The monoisotopic (exact) mass is 402 g/mol. The van der Waals surface area contributed by atoms with Gasteiger partial charge in [-0.25, -0.2) is 9.59 Å². The molecule has 0 spiro atoms. The molecule has 2 heterocycles. The Morgan fingerprint density at radius 3 is 2.45 bits per heavy atom. The van der Waals surface area contributed by atoms with Gasteiger partial charge in [0.2, 0.25) is 5.76 Å². The standard InChI is InChI=1S/C21H26N2O6/c1-5-27-19(25)18-16(13-24)15-7-6-14(12-17(15)28-18)22-8-10-23(11-9-22)20(26)29-21(2,3)4/h6-7,12-13H,5,8-11H2,1-4H3. The highest BCUT2D eigenvalue weighted by atomic mass is 16.6. The third-order valence-electron chi connectivity index (χ3n) is 4.59. The highest BCUT2D eigenvalue weighted by Gasteiger charge is 2.27. The van der Waals surface area contributed by atoms with E-state index in [9.17, 15) is 14.4 Å². The van der Waals surface area contributed by atoms with Crippen LogP contribution in [0.1, 0.15) is 48.6 Å². The predicted molar refractivity (Wildman–Crippen MR) is 108 cm³/mol. The van der Waals surface area contributed by atoms with Crippen LogP contribution in [0.4, 0.5) is 10.5 Å². The van der Waals surface area contributed by atoms with E-state index in [1.54, 1.807) is 24.0 Å². The topological polar surface area (TPSA) is 89.3 Å². The summed E-state index contributed by atoms with van der Waals surface area (Å²) >= 11 is 0. The molecule has 8 nitrogen and oxygen atoms in total. The molecule has 1 aromatic carbocycles. The molecule has 1 aromatic heterocycles. The van der Waals surface area contributed by atoms with E-state index in [0.29, 0.717) is 43.4 Å². The van der Waals surface area contributed by atoms with Crippen LogP contribution in [0, 0.1) is 0 Å². The Morgan fingerprint density at radius 1 is 1.17 bits per heavy atom. The number of rotatable bonds is 4. The van der Waals surface area contributed by atoms with E-state index in [1.165, 1.54) is 0 Å². The lowest BCUT2D eigenvalue weighted by molar-refractivity contribution is 0.0240. The minimum Gasteiger partial charge on any atom is -0.460 e. The average molecular weight is 402 g/mol. The second-order valence-electron chi connectivity index (χ2n) is 7.82. The van der Waals surface area contributed by atoms with Gasteiger partial charge in [0.05, 0.1) is 12.2 Å². The molecule has 0 unspecified atom stereocenters. The Labute approximate surface area is 169 Å². The van der Waals surface area contributed by atoms with Gasteiger partial charge in [0.25, 0.3) is 0 Å². The van der Waals surface area contributed by atoms with Crippen molar-refractivity contribution >= 4 is 35.0 Å². The van der Waals surface area contributed by atoms with Crippen molar-refractivity contribution in [2.24, 2.45) is 0 Å². The summed E-state index contributed by atoms with van der Waals surface area (Å²) in [6, 6.07) is 5.44. The third-order valence-corrected chi connectivity index (χ3v) is 4.59. The molecule has 0 saturated carbocycles. The van der Waals surface area contributed by atoms with Gasteiger partial charge in [-0.05, 0) is 39.8 Å². The summed E-state index contributed by atoms with van der Waals surface area (Å²) in [4.78, 5) is 39.5. The maximum atomic E-state index is 12.2. The second kappa shape index (κ2) is 8.14. The van der Waals surface area contributed by atoms with Gasteiger partial charge in [0, 0.05) is 43.3 Å². The molecule has 1 amide bonds. The van der Waals surface area contributed by atoms with Gasteiger partial charge in [-0.2, -0.15) is 0 Å². The van der Waals surface area contributed by atoms with E-state index >= 15 is 0 Å². The molecular formula is C21H26N2O6. The summed E-state index contributed by atoms with van der Waals surface area (Å²) in [5, 5.41) is 0.569. The number of piperazine rings is 1. The molecule has 2 aromatic rings. The van der Waals surface area contributed by atoms with Crippen molar-refractivity contribution in [1.82, 2.24) is 4.90 Å². The summed E-state index contributed by atoms with van der Waals surface area (Å²) in [5.41, 5.74) is 1.01. The Hall–Kier alpha value is -3.03. The average Bonchev–Trinajstić information content (AvgIpc) is 3.05. The zero-order chi connectivity index (χ0) is 21.2. The number of furan rings is 1. The molecule has 1 aliphatic heterocycles. The van der Waals surface area contributed by atoms with Gasteiger partial charge in [-0.3, -0.25) is 4.79 Å². The molecule has 0 radical (unpaired) electrons. The normalized spacial score (nSPS) is 14.8. The van der Waals surface area contributed by atoms with E-state index < -0.39 is 11.6 Å². The van der Waals surface area contributed by atoms with Crippen LogP contribution in [-0.4, -0.2) is 61.6 Å². The quantitative estimate of drug-likeness (QED) is 0.571. The Balaban J connectivity index is 1.75. The van der Waals surface area contributed by atoms with E-state index in [1.807, 2.05) is 26.8 Å². The van der Waals surface area contributed by atoms with Gasteiger partial charge in [0.1, 0.15) is 11.2 Å². The zero-order valence-electron chi connectivity index (χ0n) is 17.2. The SMILES string of the molecule is CCOC(=O)c1oc2cc(N3CCN(C(=O)OC(C)(C)C)CC3)ccc2c1C=O. The van der Waals surface area contributed by atoms with Crippen molar-refractivity contribution in [2.45, 2.75) is 33.3 Å². The summed E-state index contributed by atoms with van der Waals surface area (Å²) in [6.45, 7) is 9.77. The number of amides is 1. The fourth-order valence-electron chi connectivity index (χ4n) is 3.24. The van der Waals surface area contributed by atoms with E-state index in [0.717, 1.165) is 5.69 Å². The lowest BCUT2D eigenvalue weighted by Crippen LogP contribution is -2.50. The number of fused-ring (bicyclic) bond motifs is 1. The molecule has 156 valence electrons. The molecule has 0 atom stereocenters. The first-order chi connectivity index (χ1) is 13.7. The van der Waals surface area contributed by atoms with Crippen LogP contribution in [0.25, 0.3) is 11.0 Å². The molecule has 1 saturated heterocycles. The van der Waals surface area contributed by atoms with Crippen molar-refractivity contribution < 1.29 is 28.3 Å². The van der Waals surface area contributed by atoms with Crippen LogP contribution >= 0.6 is 0 Å². The highest BCUT2D eigenvalue weighted by Crippen LogP contribution is 2.30. The molecule has 1 aliphatic rings. The summed E-state index contributed by atoms with van der Waals surface area (Å²) in [6.07, 6.45) is 0.297. The van der Waals surface area contributed by atoms with Gasteiger partial charge >= 0.3 is 12.1 Å².